The Morgan fingerprint density at radius 1 is 1.48 bits per heavy atom. The molecule has 1 aliphatic rings. The van der Waals surface area contributed by atoms with E-state index in [4.69, 9.17) is 11.6 Å². The Balaban J connectivity index is 2.11. The van der Waals surface area contributed by atoms with Crippen LogP contribution in [0, 0.1) is 15.5 Å². The highest BCUT2D eigenvalue weighted by atomic mass is 35.5. The van der Waals surface area contributed by atoms with Crippen molar-refractivity contribution < 1.29 is 14.8 Å². The number of halogens is 1. The molecule has 1 aromatic rings. The molecule has 2 rings (SSSR count). The fourth-order valence-electron chi connectivity index (χ4n) is 2.52. The normalized spacial score (nSPS) is 18.4. The third-order valence-electron chi connectivity index (χ3n) is 4.15. The molecule has 1 saturated heterocycles. The number of nitro groups is 1. The van der Waals surface area contributed by atoms with E-state index in [1.165, 1.54) is 6.07 Å². The summed E-state index contributed by atoms with van der Waals surface area (Å²) in [5.41, 5.74) is -0.208. The first kappa shape index (κ1) is 15.7. The van der Waals surface area contributed by atoms with Gasteiger partial charge in [-0.25, -0.2) is 0 Å². The van der Waals surface area contributed by atoms with Gasteiger partial charge in [0.15, 0.2) is 0 Å². The zero-order valence-corrected chi connectivity index (χ0v) is 12.5. The topological polar surface area (TPSA) is 83.7 Å². The van der Waals surface area contributed by atoms with Gasteiger partial charge in [-0.05, 0) is 38.9 Å². The van der Waals surface area contributed by atoms with Gasteiger partial charge in [0, 0.05) is 12.6 Å². The number of carbonyl (C=O) groups is 1. The summed E-state index contributed by atoms with van der Waals surface area (Å²) in [5.74, 6) is -0.786. The Morgan fingerprint density at radius 2 is 2.10 bits per heavy atom. The van der Waals surface area contributed by atoms with Crippen LogP contribution in [0.4, 0.5) is 5.69 Å². The average Bonchev–Trinajstić information content (AvgIpc) is 2.43. The van der Waals surface area contributed by atoms with E-state index in [0.29, 0.717) is 43.1 Å². The lowest BCUT2D eigenvalue weighted by Gasteiger charge is -2.36. The van der Waals surface area contributed by atoms with E-state index in [1.807, 2.05) is 4.90 Å². The number of likely N-dealkylation sites (tertiary alicyclic amines) is 1. The molecule has 6 nitrogen and oxygen atoms in total. The molecule has 0 amide bonds. The zero-order chi connectivity index (χ0) is 15.6. The molecule has 0 bridgehead atoms. The average molecular weight is 313 g/mol. The van der Waals surface area contributed by atoms with Gasteiger partial charge in [-0.1, -0.05) is 17.7 Å². The highest BCUT2D eigenvalue weighted by molar-refractivity contribution is 6.31. The second-order valence-electron chi connectivity index (χ2n) is 5.64. The standard InChI is InChI=1S/C14H17ClN2O4/c1-14(13(18)19)5-7-16(8-6-14)9-10-11(15)3-2-4-12(10)17(20)21/h2-4H,5-9H2,1H3,(H,18,19). The van der Waals surface area contributed by atoms with Gasteiger partial charge in [0.05, 0.1) is 20.9 Å². The molecule has 1 fully saturated rings. The number of aliphatic carboxylic acids is 1. The lowest BCUT2D eigenvalue weighted by molar-refractivity contribution is -0.385. The Bertz CT molecular complexity index is 568. The molecule has 1 aliphatic heterocycles. The van der Waals surface area contributed by atoms with Crippen LogP contribution in [-0.4, -0.2) is 34.0 Å². The molecule has 0 unspecified atom stereocenters. The van der Waals surface area contributed by atoms with Crippen LogP contribution in [0.15, 0.2) is 18.2 Å². The predicted octanol–water partition coefficient (Wildman–Crippen LogP) is 2.93. The summed E-state index contributed by atoms with van der Waals surface area (Å²) in [5, 5.41) is 20.6. The third-order valence-corrected chi connectivity index (χ3v) is 4.50. The van der Waals surface area contributed by atoms with Crippen molar-refractivity contribution in [3.8, 4) is 0 Å². The van der Waals surface area contributed by atoms with Crippen molar-refractivity contribution in [2.24, 2.45) is 5.41 Å². The number of rotatable bonds is 4. The fraction of sp³-hybridized carbons (Fsp3) is 0.500. The van der Waals surface area contributed by atoms with Crippen molar-refractivity contribution in [3.63, 3.8) is 0 Å². The summed E-state index contributed by atoms with van der Waals surface area (Å²) in [6.07, 6.45) is 1.06. The van der Waals surface area contributed by atoms with Gasteiger partial charge in [-0.3, -0.25) is 19.8 Å². The van der Waals surface area contributed by atoms with Gasteiger partial charge >= 0.3 is 5.97 Å². The van der Waals surface area contributed by atoms with E-state index in [-0.39, 0.29) is 5.69 Å². The maximum Gasteiger partial charge on any atom is 0.309 e. The predicted molar refractivity (Wildman–Crippen MR) is 78.4 cm³/mol. The minimum Gasteiger partial charge on any atom is -0.481 e. The van der Waals surface area contributed by atoms with Crippen molar-refractivity contribution in [1.82, 2.24) is 4.90 Å². The first-order valence-corrected chi connectivity index (χ1v) is 7.09. The van der Waals surface area contributed by atoms with Crippen LogP contribution in [0.1, 0.15) is 25.3 Å². The van der Waals surface area contributed by atoms with Crippen LogP contribution in [0.5, 0.6) is 0 Å². The number of nitrogens with zero attached hydrogens (tertiary/aromatic N) is 2. The van der Waals surface area contributed by atoms with Gasteiger partial charge in [0.25, 0.3) is 5.69 Å². The molecule has 7 heteroatoms. The molecule has 1 N–H and O–H groups in total. The molecule has 0 aromatic heterocycles. The van der Waals surface area contributed by atoms with Crippen LogP contribution >= 0.6 is 11.6 Å². The summed E-state index contributed by atoms with van der Waals surface area (Å²) in [4.78, 5) is 23.8. The molecule has 0 saturated carbocycles. The number of carboxylic acids is 1. The van der Waals surface area contributed by atoms with Gasteiger partial charge in [-0.2, -0.15) is 0 Å². The molecule has 0 aliphatic carbocycles. The van der Waals surface area contributed by atoms with Gasteiger partial charge in [0.2, 0.25) is 0 Å². The number of hydrogen-bond donors (Lipinski definition) is 1. The van der Waals surface area contributed by atoms with Crippen LogP contribution in [0.25, 0.3) is 0 Å². The maximum absolute atomic E-state index is 11.2. The van der Waals surface area contributed by atoms with E-state index >= 15 is 0 Å². The van der Waals surface area contributed by atoms with E-state index in [0.717, 1.165) is 0 Å². The van der Waals surface area contributed by atoms with Gasteiger partial charge in [0.1, 0.15) is 0 Å². The molecule has 21 heavy (non-hydrogen) atoms. The van der Waals surface area contributed by atoms with Crippen LogP contribution in [-0.2, 0) is 11.3 Å². The van der Waals surface area contributed by atoms with Gasteiger partial charge in [-0.15, -0.1) is 0 Å². The second kappa shape index (κ2) is 5.99. The smallest absolute Gasteiger partial charge is 0.309 e. The van der Waals surface area contributed by atoms with E-state index in [1.54, 1.807) is 19.1 Å². The lowest BCUT2D eigenvalue weighted by atomic mass is 9.80. The summed E-state index contributed by atoms with van der Waals surface area (Å²) in [6.45, 7) is 3.28. The molecule has 0 radical (unpaired) electrons. The molecule has 0 atom stereocenters. The highest BCUT2D eigenvalue weighted by Crippen LogP contribution is 2.33. The Kier molecular flexibility index (Phi) is 4.49. The first-order valence-electron chi connectivity index (χ1n) is 6.71. The number of piperidine rings is 1. The third kappa shape index (κ3) is 3.33. The number of hydrogen-bond acceptors (Lipinski definition) is 4. The highest BCUT2D eigenvalue weighted by Gasteiger charge is 2.37. The summed E-state index contributed by atoms with van der Waals surface area (Å²) in [6, 6.07) is 4.63. The Hall–Kier alpha value is -1.66. The number of benzene rings is 1. The minimum atomic E-state index is -0.786. The quantitative estimate of drug-likeness (QED) is 0.682. The van der Waals surface area contributed by atoms with Crippen molar-refractivity contribution in [2.45, 2.75) is 26.3 Å². The Morgan fingerprint density at radius 3 is 2.62 bits per heavy atom. The second-order valence-corrected chi connectivity index (χ2v) is 6.04. The van der Waals surface area contributed by atoms with E-state index in [2.05, 4.69) is 0 Å². The van der Waals surface area contributed by atoms with Crippen LogP contribution < -0.4 is 0 Å². The minimum absolute atomic E-state index is 0.00840. The van der Waals surface area contributed by atoms with Crippen molar-refractivity contribution in [1.29, 1.82) is 0 Å². The Labute approximate surface area is 127 Å². The molecular weight excluding hydrogens is 296 g/mol. The van der Waals surface area contributed by atoms with Crippen LogP contribution in [0.2, 0.25) is 5.02 Å². The zero-order valence-electron chi connectivity index (χ0n) is 11.7. The van der Waals surface area contributed by atoms with Crippen molar-refractivity contribution in [3.05, 3.63) is 38.9 Å². The summed E-state index contributed by atoms with van der Waals surface area (Å²) in [7, 11) is 0. The van der Waals surface area contributed by atoms with Crippen molar-refractivity contribution >= 4 is 23.3 Å². The van der Waals surface area contributed by atoms with Crippen molar-refractivity contribution in [2.75, 3.05) is 13.1 Å². The molecular formula is C14H17ClN2O4. The maximum atomic E-state index is 11.2. The lowest BCUT2D eigenvalue weighted by Crippen LogP contribution is -2.42. The number of nitro benzene ring substituents is 1. The number of carboxylic acid groups (broad SMARTS) is 1. The molecule has 114 valence electrons. The molecule has 1 aromatic carbocycles. The monoisotopic (exact) mass is 312 g/mol. The summed E-state index contributed by atoms with van der Waals surface area (Å²) >= 11 is 6.07. The SMILES string of the molecule is CC1(C(=O)O)CCN(Cc2c(Cl)cccc2[N+](=O)[O-])CC1. The van der Waals surface area contributed by atoms with E-state index in [9.17, 15) is 20.0 Å². The van der Waals surface area contributed by atoms with E-state index < -0.39 is 16.3 Å². The largest absolute Gasteiger partial charge is 0.481 e. The van der Waals surface area contributed by atoms with Gasteiger partial charge < -0.3 is 5.11 Å². The summed E-state index contributed by atoms with van der Waals surface area (Å²) < 4.78 is 0. The molecule has 0 spiro atoms. The fourth-order valence-corrected chi connectivity index (χ4v) is 2.75. The first-order chi connectivity index (χ1) is 9.83. The molecule has 1 heterocycles. The van der Waals surface area contributed by atoms with Crippen LogP contribution in [0.3, 0.4) is 0 Å².